The molecule has 3 aromatic rings. The highest BCUT2D eigenvalue weighted by molar-refractivity contribution is 5.76. The molecule has 1 N–H and O–H groups in total. The van der Waals surface area contributed by atoms with Gasteiger partial charge in [-0.15, -0.1) is 0 Å². The molecule has 0 bridgehead atoms. The first-order valence-electron chi connectivity index (χ1n) is 9.92. The van der Waals surface area contributed by atoms with Crippen molar-refractivity contribution in [1.82, 2.24) is 15.5 Å². The number of nitrogens with zero attached hydrogens (tertiary/aromatic N) is 2. The van der Waals surface area contributed by atoms with Crippen LogP contribution in [0.15, 0.2) is 59.1 Å². The molecule has 1 aromatic heterocycles. The lowest BCUT2D eigenvalue weighted by molar-refractivity contribution is -0.122. The standard InChI is InChI=1S/C23H27N3O3/c1-4-16(2)21(24-20(27)14-13-17-9-6-5-7-10-17)23-25-22(26-29-23)18-11-8-12-19(15-18)28-3/h5-12,15-16,21H,4,13-14H2,1-3H3,(H,24,27)/t16-,21-/m0/s1. The molecular weight excluding hydrogens is 366 g/mol. The number of benzene rings is 2. The summed E-state index contributed by atoms with van der Waals surface area (Å²) in [6.45, 7) is 4.14. The van der Waals surface area contributed by atoms with Gasteiger partial charge in [-0.3, -0.25) is 4.79 Å². The van der Waals surface area contributed by atoms with Crippen molar-refractivity contribution in [2.45, 2.75) is 39.2 Å². The summed E-state index contributed by atoms with van der Waals surface area (Å²) < 4.78 is 10.8. The molecule has 0 aliphatic rings. The molecule has 1 amide bonds. The van der Waals surface area contributed by atoms with Crippen LogP contribution < -0.4 is 10.1 Å². The molecule has 0 saturated heterocycles. The predicted molar refractivity (Wildman–Crippen MR) is 111 cm³/mol. The first-order chi connectivity index (χ1) is 14.1. The average molecular weight is 393 g/mol. The molecule has 0 saturated carbocycles. The summed E-state index contributed by atoms with van der Waals surface area (Å²) in [6.07, 6.45) is 1.98. The lowest BCUT2D eigenvalue weighted by Gasteiger charge is -2.20. The summed E-state index contributed by atoms with van der Waals surface area (Å²) in [6, 6.07) is 17.1. The third kappa shape index (κ3) is 5.44. The van der Waals surface area contributed by atoms with Gasteiger partial charge in [0.25, 0.3) is 0 Å². The molecule has 0 unspecified atom stereocenters. The fourth-order valence-electron chi connectivity index (χ4n) is 3.07. The van der Waals surface area contributed by atoms with Gasteiger partial charge >= 0.3 is 0 Å². The largest absolute Gasteiger partial charge is 0.497 e. The van der Waals surface area contributed by atoms with Crippen molar-refractivity contribution in [2.75, 3.05) is 7.11 Å². The molecule has 0 aliphatic heterocycles. The highest BCUT2D eigenvalue weighted by Crippen LogP contribution is 2.27. The molecular formula is C23H27N3O3. The van der Waals surface area contributed by atoms with E-state index in [0.717, 1.165) is 23.3 Å². The van der Waals surface area contributed by atoms with Gasteiger partial charge in [-0.25, -0.2) is 0 Å². The molecule has 3 rings (SSSR count). The fourth-order valence-corrected chi connectivity index (χ4v) is 3.07. The Hall–Kier alpha value is -3.15. The molecule has 2 atom stereocenters. The van der Waals surface area contributed by atoms with Crippen LogP contribution in [0, 0.1) is 5.92 Å². The lowest BCUT2D eigenvalue weighted by Crippen LogP contribution is -2.32. The maximum Gasteiger partial charge on any atom is 0.249 e. The summed E-state index contributed by atoms with van der Waals surface area (Å²) in [7, 11) is 1.62. The van der Waals surface area contributed by atoms with Crippen molar-refractivity contribution in [2.24, 2.45) is 5.92 Å². The Kier molecular flexibility index (Phi) is 7.00. The molecule has 6 heteroatoms. The Labute approximate surface area is 171 Å². The predicted octanol–water partition coefficient (Wildman–Crippen LogP) is 4.58. The van der Waals surface area contributed by atoms with E-state index in [0.29, 0.717) is 24.6 Å². The minimum Gasteiger partial charge on any atom is -0.497 e. The monoisotopic (exact) mass is 393 g/mol. The second-order valence-electron chi connectivity index (χ2n) is 7.10. The molecule has 1 heterocycles. The molecule has 0 radical (unpaired) electrons. The zero-order valence-electron chi connectivity index (χ0n) is 17.1. The molecule has 0 aliphatic carbocycles. The molecule has 6 nitrogen and oxygen atoms in total. The van der Waals surface area contributed by atoms with E-state index in [9.17, 15) is 4.79 Å². The highest BCUT2D eigenvalue weighted by atomic mass is 16.5. The van der Waals surface area contributed by atoms with Crippen LogP contribution in [0.25, 0.3) is 11.4 Å². The zero-order valence-corrected chi connectivity index (χ0v) is 17.1. The van der Waals surface area contributed by atoms with Crippen LogP contribution in [0.3, 0.4) is 0 Å². The average Bonchev–Trinajstić information content (AvgIpc) is 3.26. The number of rotatable bonds is 9. The Balaban J connectivity index is 1.71. The number of nitrogens with one attached hydrogen (secondary N) is 1. The number of hydrogen-bond donors (Lipinski definition) is 1. The van der Waals surface area contributed by atoms with E-state index in [1.165, 1.54) is 0 Å². The van der Waals surface area contributed by atoms with Crippen molar-refractivity contribution in [1.29, 1.82) is 0 Å². The third-order valence-corrected chi connectivity index (χ3v) is 5.05. The highest BCUT2D eigenvalue weighted by Gasteiger charge is 2.26. The zero-order chi connectivity index (χ0) is 20.6. The van der Waals surface area contributed by atoms with Gasteiger partial charge in [-0.2, -0.15) is 4.98 Å². The fraction of sp³-hybridized carbons (Fsp3) is 0.348. The third-order valence-electron chi connectivity index (χ3n) is 5.05. The Morgan fingerprint density at radius 3 is 2.69 bits per heavy atom. The Bertz CT molecular complexity index is 924. The number of carbonyl (C=O) groups excluding carboxylic acids is 1. The number of hydrogen-bond acceptors (Lipinski definition) is 5. The normalized spacial score (nSPS) is 12.9. The lowest BCUT2D eigenvalue weighted by atomic mass is 9.98. The van der Waals surface area contributed by atoms with Crippen molar-refractivity contribution in [3.05, 3.63) is 66.1 Å². The maximum absolute atomic E-state index is 12.6. The summed E-state index contributed by atoms with van der Waals surface area (Å²) in [5, 5.41) is 7.19. The topological polar surface area (TPSA) is 77.2 Å². The van der Waals surface area contributed by atoms with E-state index in [-0.39, 0.29) is 17.9 Å². The van der Waals surface area contributed by atoms with Crippen molar-refractivity contribution in [3.8, 4) is 17.1 Å². The minimum absolute atomic E-state index is 0.0275. The number of aryl methyl sites for hydroxylation is 1. The second-order valence-corrected chi connectivity index (χ2v) is 7.10. The number of carbonyl (C=O) groups is 1. The summed E-state index contributed by atoms with van der Waals surface area (Å²) in [4.78, 5) is 17.1. The SMILES string of the molecule is CC[C@H](C)[C@H](NC(=O)CCc1ccccc1)c1nc(-c2cccc(OC)c2)no1. The van der Waals surface area contributed by atoms with E-state index in [2.05, 4.69) is 29.3 Å². The van der Waals surface area contributed by atoms with Gasteiger partial charge in [-0.1, -0.05) is 67.9 Å². The first-order valence-corrected chi connectivity index (χ1v) is 9.92. The smallest absolute Gasteiger partial charge is 0.249 e. The van der Waals surface area contributed by atoms with Crippen LogP contribution in [-0.2, 0) is 11.2 Å². The van der Waals surface area contributed by atoms with Gasteiger partial charge in [0.05, 0.1) is 7.11 Å². The molecule has 0 fully saturated rings. The number of aromatic nitrogens is 2. The van der Waals surface area contributed by atoms with Crippen LogP contribution in [0.4, 0.5) is 0 Å². The van der Waals surface area contributed by atoms with Gasteiger partial charge in [0.1, 0.15) is 11.8 Å². The van der Waals surface area contributed by atoms with Crippen molar-refractivity contribution >= 4 is 5.91 Å². The quantitative estimate of drug-likeness (QED) is 0.576. The first kappa shape index (κ1) is 20.6. The van der Waals surface area contributed by atoms with E-state index in [1.807, 2.05) is 54.6 Å². The summed E-state index contributed by atoms with van der Waals surface area (Å²) in [5.41, 5.74) is 1.94. The molecule has 0 spiro atoms. The second kappa shape index (κ2) is 9.87. The molecule has 29 heavy (non-hydrogen) atoms. The van der Waals surface area contributed by atoms with Crippen LogP contribution in [0.1, 0.15) is 44.2 Å². The van der Waals surface area contributed by atoms with Gasteiger partial charge in [0, 0.05) is 12.0 Å². The van der Waals surface area contributed by atoms with E-state index >= 15 is 0 Å². The van der Waals surface area contributed by atoms with E-state index in [1.54, 1.807) is 7.11 Å². The molecule has 2 aromatic carbocycles. The number of methoxy groups -OCH3 is 1. The molecule has 152 valence electrons. The minimum atomic E-state index is -0.324. The summed E-state index contributed by atoms with van der Waals surface area (Å²) >= 11 is 0. The van der Waals surface area contributed by atoms with E-state index < -0.39 is 0 Å². The number of amides is 1. The van der Waals surface area contributed by atoms with Gasteiger partial charge in [0.15, 0.2) is 0 Å². The van der Waals surface area contributed by atoms with Crippen LogP contribution in [-0.4, -0.2) is 23.2 Å². The van der Waals surface area contributed by atoms with Gasteiger partial charge < -0.3 is 14.6 Å². The summed E-state index contributed by atoms with van der Waals surface area (Å²) in [5.74, 6) is 1.76. The van der Waals surface area contributed by atoms with Crippen LogP contribution in [0.5, 0.6) is 5.75 Å². The van der Waals surface area contributed by atoms with E-state index in [4.69, 9.17) is 9.26 Å². The van der Waals surface area contributed by atoms with Crippen LogP contribution >= 0.6 is 0 Å². The Morgan fingerprint density at radius 1 is 1.17 bits per heavy atom. The Morgan fingerprint density at radius 2 is 1.97 bits per heavy atom. The van der Waals surface area contributed by atoms with Gasteiger partial charge in [0.2, 0.25) is 17.6 Å². The van der Waals surface area contributed by atoms with Crippen LogP contribution in [0.2, 0.25) is 0 Å². The maximum atomic E-state index is 12.6. The van der Waals surface area contributed by atoms with Crippen molar-refractivity contribution < 1.29 is 14.1 Å². The van der Waals surface area contributed by atoms with Crippen molar-refractivity contribution in [3.63, 3.8) is 0 Å². The van der Waals surface area contributed by atoms with Gasteiger partial charge in [-0.05, 0) is 30.0 Å². The number of ether oxygens (including phenoxy) is 1.